The van der Waals surface area contributed by atoms with Gasteiger partial charge in [0, 0.05) is 29.5 Å². The number of hydrogen-bond donors (Lipinski definition) is 2. The van der Waals surface area contributed by atoms with Crippen molar-refractivity contribution < 1.29 is 14.6 Å². The summed E-state index contributed by atoms with van der Waals surface area (Å²) >= 11 is 0. The average molecular weight is 386 g/mol. The van der Waals surface area contributed by atoms with E-state index in [0.29, 0.717) is 18.7 Å². The summed E-state index contributed by atoms with van der Waals surface area (Å²) in [7, 11) is 0. The number of phenols is 1. The lowest BCUT2D eigenvalue weighted by Gasteiger charge is -2.47. The summed E-state index contributed by atoms with van der Waals surface area (Å²) in [5, 5.41) is 13.9. The zero-order valence-corrected chi connectivity index (χ0v) is 18.2. The van der Waals surface area contributed by atoms with E-state index in [9.17, 15) is 9.90 Å². The van der Waals surface area contributed by atoms with Gasteiger partial charge in [0.2, 0.25) is 5.91 Å². The van der Waals surface area contributed by atoms with E-state index in [2.05, 4.69) is 59.0 Å². The molecule has 0 saturated carbocycles. The van der Waals surface area contributed by atoms with Crippen molar-refractivity contribution in [1.82, 2.24) is 5.32 Å². The van der Waals surface area contributed by atoms with Gasteiger partial charge in [-0.05, 0) is 56.2 Å². The van der Waals surface area contributed by atoms with Crippen molar-refractivity contribution in [1.29, 1.82) is 0 Å². The van der Waals surface area contributed by atoms with Gasteiger partial charge in [-0.25, -0.2) is 0 Å². The third kappa shape index (κ3) is 3.92. The van der Waals surface area contributed by atoms with Crippen LogP contribution in [0.2, 0.25) is 0 Å². The highest BCUT2D eigenvalue weighted by Gasteiger charge is 2.47. The second kappa shape index (κ2) is 7.46. The van der Waals surface area contributed by atoms with E-state index >= 15 is 0 Å². The Morgan fingerprint density at radius 2 is 2.04 bits per heavy atom. The molecule has 0 aromatic heterocycles. The molecule has 0 saturated heterocycles. The number of benzene rings is 1. The number of allylic oxidation sites excluding steroid dienone is 1. The van der Waals surface area contributed by atoms with Crippen molar-refractivity contribution in [2.24, 2.45) is 5.92 Å². The molecule has 1 amide bonds. The molecule has 0 spiro atoms. The number of phenolic OH excluding ortho intramolecular Hbond substituents is 1. The predicted octanol–water partition coefficient (Wildman–Crippen LogP) is 5.20. The summed E-state index contributed by atoms with van der Waals surface area (Å²) in [4.78, 5) is 12.6. The lowest BCUT2D eigenvalue weighted by Crippen LogP contribution is -2.46. The van der Waals surface area contributed by atoms with Crippen LogP contribution in [0.15, 0.2) is 23.8 Å². The number of amides is 1. The zero-order valence-electron chi connectivity index (χ0n) is 18.2. The fraction of sp³-hybridized carbons (Fsp3) is 0.625. The summed E-state index contributed by atoms with van der Waals surface area (Å²) < 4.78 is 6.39. The second-order valence-corrected chi connectivity index (χ2v) is 9.85. The third-order valence-corrected chi connectivity index (χ3v) is 6.27. The molecular weight excluding hydrogens is 350 g/mol. The number of nitrogens with one attached hydrogen (secondary N) is 1. The van der Waals surface area contributed by atoms with Crippen LogP contribution in [0, 0.1) is 5.92 Å². The third-order valence-electron chi connectivity index (χ3n) is 6.27. The first-order valence-corrected chi connectivity index (χ1v) is 10.6. The van der Waals surface area contributed by atoms with E-state index in [-0.39, 0.29) is 28.8 Å². The van der Waals surface area contributed by atoms with Gasteiger partial charge in [-0.1, -0.05) is 40.2 Å². The molecule has 4 heteroatoms. The lowest BCUT2D eigenvalue weighted by molar-refractivity contribution is -0.118. The highest BCUT2D eigenvalue weighted by Crippen LogP contribution is 2.54. The topological polar surface area (TPSA) is 58.6 Å². The number of carbonyl (C=O) groups is 1. The monoisotopic (exact) mass is 385 g/mol. The van der Waals surface area contributed by atoms with Crippen LogP contribution >= 0.6 is 0 Å². The Labute approximate surface area is 169 Å². The zero-order chi connectivity index (χ0) is 20.7. The molecule has 2 aliphatic rings. The Hall–Kier alpha value is -1.97. The molecule has 0 bridgehead atoms. The summed E-state index contributed by atoms with van der Waals surface area (Å²) in [6.07, 6.45) is 5.55. The van der Waals surface area contributed by atoms with Crippen molar-refractivity contribution in [3.8, 4) is 11.5 Å². The number of carbonyl (C=O) groups excluding carboxylic acids is 1. The fourth-order valence-electron chi connectivity index (χ4n) is 4.51. The van der Waals surface area contributed by atoms with E-state index in [1.54, 1.807) is 0 Å². The van der Waals surface area contributed by atoms with Crippen molar-refractivity contribution in [2.75, 3.05) is 6.54 Å². The average Bonchev–Trinajstić information content (AvgIpc) is 2.59. The second-order valence-electron chi connectivity index (χ2n) is 9.85. The van der Waals surface area contributed by atoms with Gasteiger partial charge in [-0.3, -0.25) is 4.79 Å². The van der Waals surface area contributed by atoms with E-state index < -0.39 is 0 Å². The normalized spacial score (nSPS) is 23.1. The molecule has 1 aliphatic heterocycles. The minimum Gasteiger partial charge on any atom is -0.508 e. The van der Waals surface area contributed by atoms with Gasteiger partial charge in [0.05, 0.1) is 0 Å². The molecule has 28 heavy (non-hydrogen) atoms. The molecular formula is C24H35NO3. The van der Waals surface area contributed by atoms with E-state index in [4.69, 9.17) is 4.74 Å². The lowest BCUT2D eigenvalue weighted by atomic mass is 9.66. The minimum absolute atomic E-state index is 0.0311. The smallest absolute Gasteiger partial charge is 0.246 e. The Balaban J connectivity index is 1.95. The number of hydrogen-bond acceptors (Lipinski definition) is 3. The molecule has 1 aromatic rings. The number of ether oxygens (including phenoxy) is 1. The first-order chi connectivity index (χ1) is 13.0. The Bertz CT molecular complexity index is 786. The van der Waals surface area contributed by atoms with Gasteiger partial charge in [-0.2, -0.15) is 0 Å². The maximum absolute atomic E-state index is 12.6. The first kappa shape index (κ1) is 20.8. The summed E-state index contributed by atoms with van der Waals surface area (Å²) in [6.45, 7) is 13.5. The Kier molecular flexibility index (Phi) is 5.53. The molecule has 1 aromatic carbocycles. The number of aromatic hydroxyl groups is 1. The maximum Gasteiger partial charge on any atom is 0.246 e. The quantitative estimate of drug-likeness (QED) is 0.701. The van der Waals surface area contributed by atoms with Crippen molar-refractivity contribution >= 4 is 5.91 Å². The van der Waals surface area contributed by atoms with Crippen LogP contribution in [0.25, 0.3) is 0 Å². The molecule has 1 aliphatic carbocycles. The van der Waals surface area contributed by atoms with Crippen molar-refractivity contribution in [2.45, 2.75) is 84.2 Å². The maximum atomic E-state index is 12.6. The molecule has 154 valence electrons. The number of fused-ring (bicyclic) bond motifs is 3. The van der Waals surface area contributed by atoms with E-state index in [0.717, 1.165) is 41.7 Å². The Morgan fingerprint density at radius 3 is 2.68 bits per heavy atom. The van der Waals surface area contributed by atoms with Crippen molar-refractivity contribution in [3.63, 3.8) is 0 Å². The molecule has 0 unspecified atom stereocenters. The highest BCUT2D eigenvalue weighted by molar-refractivity contribution is 5.93. The molecule has 1 heterocycles. The van der Waals surface area contributed by atoms with E-state index in [1.165, 1.54) is 0 Å². The summed E-state index contributed by atoms with van der Waals surface area (Å²) in [5.74, 6) is 1.41. The van der Waals surface area contributed by atoms with E-state index in [1.807, 2.05) is 6.07 Å². The van der Waals surface area contributed by atoms with Crippen molar-refractivity contribution in [3.05, 3.63) is 34.9 Å². The number of unbranched alkanes of at least 4 members (excludes halogenated alkanes) is 1. The predicted molar refractivity (Wildman–Crippen MR) is 113 cm³/mol. The SMILES string of the molecule is CCCCNC(=O)C1=CC[C@@H]2[C@@H](C1)c1c(O)cc(C(C)(C)C)cc1OC2(C)C. The first-order valence-electron chi connectivity index (χ1n) is 10.6. The standard InChI is InChI=1S/C24H35NO3/c1-7-8-11-25-22(27)15-9-10-18-17(12-15)21-19(26)13-16(23(2,3)4)14-20(21)28-24(18,5)6/h9,13-14,17-18,26H,7-8,10-12H2,1-6H3,(H,25,27)/t17-,18-/m1/s1. The molecule has 2 atom stereocenters. The van der Waals surface area contributed by atoms with Crippen LogP contribution in [0.1, 0.15) is 84.3 Å². The van der Waals surface area contributed by atoms with Crippen LogP contribution in [0.4, 0.5) is 0 Å². The van der Waals surface area contributed by atoms with Crippen LogP contribution in [-0.2, 0) is 10.2 Å². The molecule has 2 N–H and O–H groups in total. The van der Waals surface area contributed by atoms with Gasteiger partial charge < -0.3 is 15.2 Å². The van der Waals surface area contributed by atoms with Gasteiger partial charge in [-0.15, -0.1) is 0 Å². The highest BCUT2D eigenvalue weighted by atomic mass is 16.5. The van der Waals surface area contributed by atoms with Gasteiger partial charge in [0.25, 0.3) is 0 Å². The largest absolute Gasteiger partial charge is 0.508 e. The van der Waals surface area contributed by atoms with Gasteiger partial charge in [0.15, 0.2) is 0 Å². The molecule has 0 radical (unpaired) electrons. The summed E-state index contributed by atoms with van der Waals surface area (Å²) in [5.41, 5.74) is 2.33. The van der Waals surface area contributed by atoms with Gasteiger partial charge in [0.1, 0.15) is 17.1 Å². The molecule has 3 rings (SSSR count). The van der Waals surface area contributed by atoms with Crippen LogP contribution in [0.5, 0.6) is 11.5 Å². The fourth-order valence-corrected chi connectivity index (χ4v) is 4.51. The van der Waals surface area contributed by atoms with Crippen LogP contribution in [0.3, 0.4) is 0 Å². The molecule has 4 nitrogen and oxygen atoms in total. The van der Waals surface area contributed by atoms with Gasteiger partial charge >= 0.3 is 0 Å². The summed E-state index contributed by atoms with van der Waals surface area (Å²) in [6, 6.07) is 3.95. The van der Waals surface area contributed by atoms with Crippen LogP contribution < -0.4 is 10.1 Å². The van der Waals surface area contributed by atoms with Crippen LogP contribution in [-0.4, -0.2) is 23.2 Å². The molecule has 0 fully saturated rings. The Morgan fingerprint density at radius 1 is 1.32 bits per heavy atom. The number of rotatable bonds is 4. The minimum atomic E-state index is -0.346.